The third kappa shape index (κ3) is 3.17. The van der Waals surface area contributed by atoms with Crippen molar-refractivity contribution >= 4 is 41.6 Å². The summed E-state index contributed by atoms with van der Waals surface area (Å²) in [6.45, 7) is 18.1. The molecule has 1 aliphatic carbocycles. The third-order valence-electron chi connectivity index (χ3n) is 6.77. The van der Waals surface area contributed by atoms with Crippen LogP contribution in [0.2, 0.25) is 18.6 Å². The van der Waals surface area contributed by atoms with Crippen LogP contribution in [0.25, 0.3) is 0 Å². The second kappa shape index (κ2) is 7.08. The predicted octanol–water partition coefficient (Wildman–Crippen LogP) is 7.00. The van der Waals surface area contributed by atoms with Crippen LogP contribution >= 0.6 is 27.7 Å². The molecule has 1 fully saturated rings. The summed E-state index contributed by atoms with van der Waals surface area (Å²) >= 11 is 5.99. The molecule has 0 aromatic heterocycles. The fourth-order valence-corrected chi connectivity index (χ4v) is 13.9. The zero-order valence-electron chi connectivity index (χ0n) is 16.6. The summed E-state index contributed by atoms with van der Waals surface area (Å²) in [6, 6.07) is 4.62. The van der Waals surface area contributed by atoms with Gasteiger partial charge in [-0.1, -0.05) is 39.1 Å². The van der Waals surface area contributed by atoms with Crippen LogP contribution in [-0.4, -0.2) is 20.0 Å². The van der Waals surface area contributed by atoms with Gasteiger partial charge in [-0.25, -0.2) is 0 Å². The maximum absolute atomic E-state index is 3.89. The number of nitrogens with zero attached hydrogens (tertiary/aromatic N) is 1. The summed E-state index contributed by atoms with van der Waals surface area (Å²) in [5.74, 6) is 2.38. The standard InChI is InChI=1S/C21H32BrNSSi/c1-8-23(19-14(3)11-13(2)12-18(19)22)25(6,7)21-16(5)15(4)17-9-10-24-20(17)21/h9-12,15-17,20-21H,8H2,1-7H3. The molecule has 3 rings (SSSR count). The number of rotatable bonds is 4. The molecular weight excluding hydrogens is 406 g/mol. The van der Waals surface area contributed by atoms with Crippen molar-refractivity contribution in [2.24, 2.45) is 17.8 Å². The molecule has 138 valence electrons. The Balaban J connectivity index is 2.03. The molecule has 1 aliphatic heterocycles. The van der Waals surface area contributed by atoms with E-state index in [-0.39, 0.29) is 0 Å². The highest BCUT2D eigenvalue weighted by molar-refractivity contribution is 9.10. The second-order valence-corrected chi connectivity index (χ2v) is 15.0. The summed E-state index contributed by atoms with van der Waals surface area (Å²) in [7, 11) is -1.67. The Hall–Kier alpha value is -0.193. The maximum atomic E-state index is 3.89. The first-order valence-corrected chi connectivity index (χ1v) is 14.3. The Kier molecular flexibility index (Phi) is 5.54. The van der Waals surface area contributed by atoms with Crippen LogP contribution < -0.4 is 4.57 Å². The molecule has 0 bridgehead atoms. The minimum atomic E-state index is -1.67. The van der Waals surface area contributed by atoms with E-state index in [1.807, 2.05) is 0 Å². The minimum Gasteiger partial charge on any atom is -0.397 e. The van der Waals surface area contributed by atoms with Gasteiger partial charge in [0.15, 0.2) is 8.24 Å². The van der Waals surface area contributed by atoms with E-state index in [1.54, 1.807) is 0 Å². The van der Waals surface area contributed by atoms with E-state index in [0.29, 0.717) is 0 Å². The van der Waals surface area contributed by atoms with Crippen molar-refractivity contribution < 1.29 is 0 Å². The van der Waals surface area contributed by atoms with Crippen molar-refractivity contribution in [2.75, 3.05) is 11.1 Å². The first kappa shape index (κ1) is 19.6. The van der Waals surface area contributed by atoms with E-state index >= 15 is 0 Å². The molecule has 25 heavy (non-hydrogen) atoms. The average Bonchev–Trinajstić information content (AvgIpc) is 3.06. The number of hydrogen-bond acceptors (Lipinski definition) is 2. The lowest BCUT2D eigenvalue weighted by atomic mass is 9.93. The molecule has 1 aromatic carbocycles. The van der Waals surface area contributed by atoms with Crippen molar-refractivity contribution in [1.82, 2.24) is 0 Å². The maximum Gasteiger partial charge on any atom is 0.155 e. The van der Waals surface area contributed by atoms with Crippen LogP contribution in [0.3, 0.4) is 0 Å². The van der Waals surface area contributed by atoms with Crippen molar-refractivity contribution in [3.63, 3.8) is 0 Å². The topological polar surface area (TPSA) is 3.24 Å². The van der Waals surface area contributed by atoms with Gasteiger partial charge >= 0.3 is 0 Å². The van der Waals surface area contributed by atoms with Crippen molar-refractivity contribution in [2.45, 2.75) is 58.5 Å². The summed E-state index contributed by atoms with van der Waals surface area (Å²) in [6.07, 6.45) is 2.49. The Morgan fingerprint density at radius 1 is 1.16 bits per heavy atom. The van der Waals surface area contributed by atoms with Crippen molar-refractivity contribution in [1.29, 1.82) is 0 Å². The number of halogens is 1. The summed E-state index contributed by atoms with van der Waals surface area (Å²) in [4.78, 5) is 0. The molecule has 0 spiro atoms. The van der Waals surface area contributed by atoms with Crippen molar-refractivity contribution in [3.8, 4) is 0 Å². The highest BCUT2D eigenvalue weighted by Crippen LogP contribution is 2.59. The van der Waals surface area contributed by atoms with E-state index in [0.717, 1.165) is 35.1 Å². The normalized spacial score (nSPS) is 31.4. The van der Waals surface area contributed by atoms with Gasteiger partial charge in [-0.2, -0.15) is 0 Å². The zero-order valence-corrected chi connectivity index (χ0v) is 20.0. The third-order valence-corrected chi connectivity index (χ3v) is 13.3. The van der Waals surface area contributed by atoms with Gasteiger partial charge < -0.3 is 4.57 Å². The molecule has 5 unspecified atom stereocenters. The molecule has 0 N–H and O–H groups in total. The van der Waals surface area contributed by atoms with Crippen LogP contribution in [0.5, 0.6) is 0 Å². The van der Waals surface area contributed by atoms with Crippen LogP contribution in [0, 0.1) is 31.6 Å². The number of fused-ring (bicyclic) bond motifs is 1. The van der Waals surface area contributed by atoms with Gasteiger partial charge in [0.1, 0.15) is 0 Å². The average molecular weight is 439 g/mol. The van der Waals surface area contributed by atoms with Gasteiger partial charge in [0.2, 0.25) is 0 Å². The van der Waals surface area contributed by atoms with Gasteiger partial charge in [-0.15, -0.1) is 11.8 Å². The number of aryl methyl sites for hydroxylation is 2. The molecule has 1 nitrogen and oxygen atoms in total. The number of benzene rings is 1. The van der Waals surface area contributed by atoms with Gasteiger partial charge in [0.25, 0.3) is 0 Å². The number of hydrogen-bond donors (Lipinski definition) is 0. The Morgan fingerprint density at radius 2 is 1.84 bits per heavy atom. The Morgan fingerprint density at radius 3 is 2.44 bits per heavy atom. The molecular formula is C21H32BrNSSi. The summed E-state index contributed by atoms with van der Waals surface area (Å²) < 4.78 is 4.06. The smallest absolute Gasteiger partial charge is 0.155 e. The lowest BCUT2D eigenvalue weighted by Crippen LogP contribution is -2.55. The SMILES string of the molecule is CCN(c1c(C)cc(C)cc1Br)[Si](C)(C)C1C(C)C(C)C2C=CSC21. The van der Waals surface area contributed by atoms with Crippen LogP contribution in [0.1, 0.15) is 31.9 Å². The molecule has 0 amide bonds. The quantitative estimate of drug-likeness (QED) is 0.466. The fourth-order valence-electron chi connectivity index (χ4n) is 5.53. The minimum absolute atomic E-state index is 0.776. The number of allylic oxidation sites excluding steroid dienone is 1. The summed E-state index contributed by atoms with van der Waals surface area (Å²) in [5.41, 5.74) is 4.99. The highest BCUT2D eigenvalue weighted by atomic mass is 79.9. The second-order valence-electron chi connectivity index (χ2n) is 8.56. The Bertz CT molecular complexity index is 663. The van der Waals surface area contributed by atoms with E-state index in [9.17, 15) is 0 Å². The number of thioether (sulfide) groups is 1. The van der Waals surface area contributed by atoms with Crippen LogP contribution in [0.15, 0.2) is 28.1 Å². The first-order chi connectivity index (χ1) is 11.7. The molecule has 5 atom stereocenters. The van der Waals surface area contributed by atoms with E-state index in [1.165, 1.54) is 21.3 Å². The van der Waals surface area contributed by atoms with Crippen LogP contribution in [-0.2, 0) is 0 Å². The molecule has 4 heteroatoms. The van der Waals surface area contributed by atoms with Gasteiger partial charge in [-0.05, 0) is 82.6 Å². The highest BCUT2D eigenvalue weighted by Gasteiger charge is 2.55. The summed E-state index contributed by atoms with van der Waals surface area (Å²) in [5, 5.41) is 3.16. The van der Waals surface area contributed by atoms with Crippen LogP contribution in [0.4, 0.5) is 5.69 Å². The predicted molar refractivity (Wildman–Crippen MR) is 120 cm³/mol. The van der Waals surface area contributed by atoms with E-state index in [2.05, 4.69) is 104 Å². The molecule has 0 saturated heterocycles. The lowest BCUT2D eigenvalue weighted by molar-refractivity contribution is 0.405. The van der Waals surface area contributed by atoms with E-state index in [4.69, 9.17) is 0 Å². The fraction of sp³-hybridized carbons (Fsp3) is 0.619. The first-order valence-electron chi connectivity index (χ1n) is 9.56. The molecule has 2 aliphatic rings. The number of anilines is 1. The van der Waals surface area contributed by atoms with Crippen molar-refractivity contribution in [3.05, 3.63) is 39.2 Å². The molecule has 1 heterocycles. The van der Waals surface area contributed by atoms with Gasteiger partial charge in [0, 0.05) is 22.0 Å². The lowest BCUT2D eigenvalue weighted by Gasteiger charge is -2.46. The van der Waals surface area contributed by atoms with Gasteiger partial charge in [-0.3, -0.25) is 0 Å². The molecule has 0 radical (unpaired) electrons. The Labute approximate surface area is 167 Å². The monoisotopic (exact) mass is 437 g/mol. The van der Waals surface area contributed by atoms with Gasteiger partial charge in [0.05, 0.1) is 0 Å². The van der Waals surface area contributed by atoms with E-state index < -0.39 is 8.24 Å². The molecule has 1 saturated carbocycles. The largest absolute Gasteiger partial charge is 0.397 e. The zero-order chi connectivity index (χ0) is 18.5. The molecule has 1 aromatic rings.